The van der Waals surface area contributed by atoms with Crippen LogP contribution in [-0.2, 0) is 0 Å². The number of aromatic nitrogens is 2. The second-order valence-corrected chi connectivity index (χ2v) is 8.39. The lowest BCUT2D eigenvalue weighted by Crippen LogP contribution is -2.12. The Balaban J connectivity index is 2.14. The van der Waals surface area contributed by atoms with Gasteiger partial charge in [0, 0.05) is 18.0 Å². The standard InChI is InChI=1S/C20H21N3OSi/c1-15-9-10-17(19(13-15)24-25(2)3)23-20(16-7-5-4-6-8-16)18-14-21-11-12-22-18/h4-14,25H,1-3H3. The largest absolute Gasteiger partial charge is 0.546 e. The van der Waals surface area contributed by atoms with E-state index < -0.39 is 9.04 Å². The number of aryl methyl sites for hydroxylation is 1. The van der Waals surface area contributed by atoms with Crippen LogP contribution < -0.4 is 4.43 Å². The van der Waals surface area contributed by atoms with Gasteiger partial charge in [-0.2, -0.15) is 0 Å². The van der Waals surface area contributed by atoms with Crippen LogP contribution in [0.1, 0.15) is 16.8 Å². The minimum Gasteiger partial charge on any atom is -0.546 e. The molecule has 0 spiro atoms. The molecule has 3 rings (SSSR count). The van der Waals surface area contributed by atoms with Gasteiger partial charge in [-0.1, -0.05) is 36.4 Å². The normalized spacial score (nSPS) is 11.6. The highest BCUT2D eigenvalue weighted by Crippen LogP contribution is 2.30. The van der Waals surface area contributed by atoms with Crippen molar-refractivity contribution in [3.63, 3.8) is 0 Å². The molecule has 25 heavy (non-hydrogen) atoms. The van der Waals surface area contributed by atoms with Gasteiger partial charge in [0.15, 0.2) is 0 Å². The highest BCUT2D eigenvalue weighted by Gasteiger charge is 2.12. The fourth-order valence-corrected chi connectivity index (χ4v) is 3.17. The quantitative estimate of drug-likeness (QED) is 0.510. The maximum atomic E-state index is 6.09. The van der Waals surface area contributed by atoms with E-state index in [1.54, 1.807) is 18.6 Å². The topological polar surface area (TPSA) is 47.4 Å². The lowest BCUT2D eigenvalue weighted by atomic mass is 10.1. The molecule has 3 aromatic rings. The van der Waals surface area contributed by atoms with Gasteiger partial charge in [-0.05, 0) is 37.7 Å². The van der Waals surface area contributed by atoms with Crippen molar-refractivity contribution in [2.24, 2.45) is 4.99 Å². The number of aliphatic imine (C=N–C) groups is 1. The molecule has 4 nitrogen and oxygen atoms in total. The van der Waals surface area contributed by atoms with Gasteiger partial charge >= 0.3 is 0 Å². The molecule has 1 aromatic heterocycles. The summed E-state index contributed by atoms with van der Waals surface area (Å²) in [5.41, 5.74) is 4.49. The van der Waals surface area contributed by atoms with Crippen molar-refractivity contribution < 1.29 is 4.43 Å². The van der Waals surface area contributed by atoms with Crippen LogP contribution in [0, 0.1) is 6.92 Å². The van der Waals surface area contributed by atoms with Gasteiger partial charge in [0.05, 0.1) is 11.9 Å². The maximum Gasteiger partial charge on any atom is 0.229 e. The summed E-state index contributed by atoms with van der Waals surface area (Å²) < 4.78 is 6.09. The van der Waals surface area contributed by atoms with Crippen LogP contribution in [-0.4, -0.2) is 24.7 Å². The van der Waals surface area contributed by atoms with E-state index in [4.69, 9.17) is 9.42 Å². The van der Waals surface area contributed by atoms with E-state index in [9.17, 15) is 0 Å². The molecule has 0 atom stereocenters. The third-order valence-corrected chi connectivity index (χ3v) is 4.29. The first-order chi connectivity index (χ1) is 12.1. The van der Waals surface area contributed by atoms with Crippen molar-refractivity contribution in [3.05, 3.63) is 83.9 Å². The highest BCUT2D eigenvalue weighted by atomic mass is 28.3. The fourth-order valence-electron chi connectivity index (χ4n) is 2.47. The van der Waals surface area contributed by atoms with Crippen molar-refractivity contribution in [3.8, 4) is 5.75 Å². The van der Waals surface area contributed by atoms with Gasteiger partial charge in [-0.25, -0.2) is 4.99 Å². The molecular weight excluding hydrogens is 326 g/mol. The number of benzene rings is 2. The molecule has 0 bridgehead atoms. The molecule has 1 heterocycles. The third kappa shape index (κ3) is 4.39. The van der Waals surface area contributed by atoms with Gasteiger partial charge in [0.2, 0.25) is 9.04 Å². The lowest BCUT2D eigenvalue weighted by molar-refractivity contribution is 0.581. The average Bonchev–Trinajstić information content (AvgIpc) is 2.62. The summed E-state index contributed by atoms with van der Waals surface area (Å²) in [6.07, 6.45) is 5.08. The monoisotopic (exact) mass is 347 g/mol. The maximum absolute atomic E-state index is 6.09. The fraction of sp³-hybridized carbons (Fsp3) is 0.150. The Morgan fingerprint density at radius 1 is 1.04 bits per heavy atom. The molecular formula is C20H21N3OSi. The Kier molecular flexibility index (Phi) is 5.35. The van der Waals surface area contributed by atoms with Gasteiger partial charge in [0.25, 0.3) is 0 Å². The summed E-state index contributed by atoms with van der Waals surface area (Å²) in [7, 11) is -1.24. The molecule has 5 heteroatoms. The third-order valence-electron chi connectivity index (χ3n) is 3.56. The molecule has 0 fully saturated rings. The number of hydrogen-bond donors (Lipinski definition) is 0. The summed E-state index contributed by atoms with van der Waals surface area (Å²) in [6, 6.07) is 16.1. The highest BCUT2D eigenvalue weighted by molar-refractivity contribution is 6.49. The predicted molar refractivity (Wildman–Crippen MR) is 104 cm³/mol. The van der Waals surface area contributed by atoms with Crippen LogP contribution in [0.5, 0.6) is 5.75 Å². The summed E-state index contributed by atoms with van der Waals surface area (Å²) in [5.74, 6) is 0.832. The first kappa shape index (κ1) is 17.0. The van der Waals surface area contributed by atoms with Gasteiger partial charge in [0.1, 0.15) is 17.1 Å². The van der Waals surface area contributed by atoms with E-state index in [-0.39, 0.29) is 0 Å². The van der Waals surface area contributed by atoms with E-state index in [0.717, 1.165) is 34.0 Å². The van der Waals surface area contributed by atoms with Crippen molar-refractivity contribution in [2.75, 3.05) is 0 Å². The molecule has 0 radical (unpaired) electrons. The van der Waals surface area contributed by atoms with Crippen molar-refractivity contribution in [1.82, 2.24) is 9.97 Å². The number of rotatable bonds is 5. The molecule has 0 aliphatic heterocycles. The van der Waals surface area contributed by atoms with Gasteiger partial charge in [-0.3, -0.25) is 9.97 Å². The summed E-state index contributed by atoms with van der Waals surface area (Å²) in [4.78, 5) is 13.5. The van der Waals surface area contributed by atoms with Crippen molar-refractivity contribution in [2.45, 2.75) is 20.0 Å². The minimum absolute atomic E-state index is 0.738. The van der Waals surface area contributed by atoms with E-state index in [0.29, 0.717) is 0 Å². The summed E-state index contributed by atoms with van der Waals surface area (Å²) >= 11 is 0. The zero-order chi connectivity index (χ0) is 17.6. The molecule has 0 aliphatic carbocycles. The zero-order valence-corrected chi connectivity index (χ0v) is 15.8. The smallest absolute Gasteiger partial charge is 0.229 e. The van der Waals surface area contributed by atoms with E-state index in [1.807, 2.05) is 48.5 Å². The van der Waals surface area contributed by atoms with Crippen LogP contribution in [0.15, 0.2) is 72.1 Å². The Hall–Kier alpha value is -2.79. The molecule has 0 saturated heterocycles. The van der Waals surface area contributed by atoms with Crippen LogP contribution in [0.25, 0.3) is 0 Å². The summed E-state index contributed by atoms with van der Waals surface area (Å²) in [6.45, 7) is 6.36. The zero-order valence-electron chi connectivity index (χ0n) is 14.7. The molecule has 126 valence electrons. The molecule has 0 unspecified atom stereocenters. The second-order valence-electron chi connectivity index (χ2n) is 6.05. The van der Waals surface area contributed by atoms with Crippen molar-refractivity contribution in [1.29, 1.82) is 0 Å². The molecule has 0 N–H and O–H groups in total. The molecule has 0 saturated carbocycles. The van der Waals surface area contributed by atoms with Crippen LogP contribution in [0.2, 0.25) is 13.1 Å². The number of hydrogen-bond acceptors (Lipinski definition) is 4. The Morgan fingerprint density at radius 2 is 1.84 bits per heavy atom. The number of nitrogens with zero attached hydrogens (tertiary/aromatic N) is 3. The molecule has 2 aromatic carbocycles. The van der Waals surface area contributed by atoms with Crippen LogP contribution in [0.4, 0.5) is 5.69 Å². The first-order valence-electron chi connectivity index (χ1n) is 8.31. The SMILES string of the molecule is Cc1ccc(N=C(c2ccccc2)c2cnccn2)c(O[SiH](C)C)c1. The van der Waals surface area contributed by atoms with Crippen LogP contribution in [0.3, 0.4) is 0 Å². The van der Waals surface area contributed by atoms with Crippen molar-refractivity contribution >= 4 is 20.4 Å². The van der Waals surface area contributed by atoms with Crippen LogP contribution >= 0.6 is 0 Å². The first-order valence-corrected chi connectivity index (χ1v) is 11.1. The average molecular weight is 347 g/mol. The Bertz CT molecular complexity index is 823. The lowest BCUT2D eigenvalue weighted by Gasteiger charge is -2.14. The predicted octanol–water partition coefficient (Wildman–Crippen LogP) is 4.32. The Labute approximate surface area is 150 Å². The van der Waals surface area contributed by atoms with E-state index in [2.05, 4.69) is 30.0 Å². The minimum atomic E-state index is -1.24. The second kappa shape index (κ2) is 7.85. The molecule has 0 amide bonds. The van der Waals surface area contributed by atoms with E-state index >= 15 is 0 Å². The van der Waals surface area contributed by atoms with Gasteiger partial charge in [-0.15, -0.1) is 0 Å². The molecule has 0 aliphatic rings. The Morgan fingerprint density at radius 3 is 2.52 bits per heavy atom. The summed E-state index contributed by atoms with van der Waals surface area (Å²) in [5, 5.41) is 0. The van der Waals surface area contributed by atoms with Gasteiger partial charge < -0.3 is 4.43 Å². The van der Waals surface area contributed by atoms with E-state index in [1.165, 1.54) is 0 Å².